The lowest BCUT2D eigenvalue weighted by molar-refractivity contribution is 0.0788. The zero-order valence-corrected chi connectivity index (χ0v) is 13.4. The molecule has 0 bridgehead atoms. The number of hydrogen-bond donors (Lipinski definition) is 1. The topological polar surface area (TPSA) is 64.2 Å². The van der Waals surface area contributed by atoms with Gasteiger partial charge in [-0.2, -0.15) is 5.10 Å². The van der Waals surface area contributed by atoms with E-state index in [0.29, 0.717) is 19.0 Å². The number of carbonyl (C=O) groups excluding carboxylic acids is 1. The molecule has 1 aliphatic carbocycles. The molecule has 2 N–H and O–H groups in total. The molecule has 2 aliphatic rings. The van der Waals surface area contributed by atoms with Gasteiger partial charge in [-0.15, -0.1) is 0 Å². The number of nitrogens with two attached hydrogens (primary N) is 1. The predicted octanol–water partition coefficient (Wildman–Crippen LogP) is 1.86. The summed E-state index contributed by atoms with van der Waals surface area (Å²) in [5.41, 5.74) is 9.38. The number of aryl methyl sites for hydroxylation is 1. The van der Waals surface area contributed by atoms with Crippen LogP contribution >= 0.6 is 0 Å². The van der Waals surface area contributed by atoms with E-state index in [2.05, 4.69) is 17.2 Å². The number of aromatic nitrogens is 2. The van der Waals surface area contributed by atoms with Crippen LogP contribution < -0.4 is 5.73 Å². The standard InChI is InChI=1S/C18H22N4O/c1-21-17(13-7-8-13)14(9-20-21)18(23)22-10-15(16(19)11-22)12-5-3-2-4-6-12/h2-6,9,13,15-16H,7-8,10-11,19H2,1H3/t15-,16+/m0/s1. The molecule has 1 aromatic carbocycles. The van der Waals surface area contributed by atoms with Crippen molar-refractivity contribution in [3.63, 3.8) is 0 Å². The Bertz CT molecular complexity index is 720. The summed E-state index contributed by atoms with van der Waals surface area (Å²) < 4.78 is 1.86. The van der Waals surface area contributed by atoms with E-state index in [1.54, 1.807) is 6.20 Å². The van der Waals surface area contributed by atoms with Gasteiger partial charge in [0.1, 0.15) is 0 Å². The van der Waals surface area contributed by atoms with Crippen LogP contribution in [-0.2, 0) is 7.05 Å². The molecule has 1 amide bonds. The maximum absolute atomic E-state index is 13.0. The summed E-state index contributed by atoms with van der Waals surface area (Å²) in [5.74, 6) is 0.790. The Morgan fingerprint density at radius 2 is 1.96 bits per heavy atom. The second-order valence-corrected chi connectivity index (χ2v) is 6.73. The van der Waals surface area contributed by atoms with E-state index >= 15 is 0 Å². The van der Waals surface area contributed by atoms with E-state index in [0.717, 1.165) is 24.1 Å². The van der Waals surface area contributed by atoms with Gasteiger partial charge >= 0.3 is 0 Å². The third-order valence-electron chi connectivity index (χ3n) is 5.06. The van der Waals surface area contributed by atoms with Gasteiger partial charge in [-0.1, -0.05) is 30.3 Å². The third-order valence-corrected chi connectivity index (χ3v) is 5.06. The Balaban J connectivity index is 1.56. The van der Waals surface area contributed by atoms with Crippen LogP contribution in [0.2, 0.25) is 0 Å². The molecule has 1 aromatic heterocycles. The Hall–Kier alpha value is -2.14. The molecule has 5 nitrogen and oxygen atoms in total. The van der Waals surface area contributed by atoms with Crippen LogP contribution in [0.5, 0.6) is 0 Å². The summed E-state index contributed by atoms with van der Waals surface area (Å²) in [5, 5.41) is 4.30. The molecule has 0 radical (unpaired) electrons. The fourth-order valence-electron chi connectivity index (χ4n) is 3.67. The molecule has 5 heteroatoms. The van der Waals surface area contributed by atoms with Gasteiger partial charge < -0.3 is 10.6 Å². The molecule has 2 fully saturated rings. The Morgan fingerprint density at radius 3 is 2.65 bits per heavy atom. The molecule has 1 saturated carbocycles. The summed E-state index contributed by atoms with van der Waals surface area (Å²) in [6.45, 7) is 1.29. The molecule has 2 atom stereocenters. The number of likely N-dealkylation sites (tertiary alicyclic amines) is 1. The molecule has 0 spiro atoms. The molecule has 23 heavy (non-hydrogen) atoms. The van der Waals surface area contributed by atoms with Gasteiger partial charge in [0.25, 0.3) is 5.91 Å². The minimum absolute atomic E-state index is 0.0117. The molecule has 1 aliphatic heterocycles. The number of hydrogen-bond acceptors (Lipinski definition) is 3. The van der Waals surface area contributed by atoms with Gasteiger partial charge in [-0.25, -0.2) is 0 Å². The highest BCUT2D eigenvalue weighted by molar-refractivity contribution is 5.95. The first-order valence-corrected chi connectivity index (χ1v) is 8.27. The number of rotatable bonds is 3. The Labute approximate surface area is 136 Å². The van der Waals surface area contributed by atoms with Crippen LogP contribution in [0.15, 0.2) is 36.5 Å². The van der Waals surface area contributed by atoms with E-state index in [1.165, 1.54) is 5.56 Å². The van der Waals surface area contributed by atoms with Crippen molar-refractivity contribution in [3.05, 3.63) is 53.3 Å². The highest BCUT2D eigenvalue weighted by Gasteiger charge is 2.37. The van der Waals surface area contributed by atoms with Gasteiger partial charge in [0, 0.05) is 38.0 Å². The number of benzene rings is 1. The van der Waals surface area contributed by atoms with E-state index < -0.39 is 0 Å². The van der Waals surface area contributed by atoms with Gasteiger partial charge in [0.2, 0.25) is 0 Å². The van der Waals surface area contributed by atoms with Gasteiger partial charge in [-0.3, -0.25) is 9.48 Å². The maximum atomic E-state index is 13.0. The van der Waals surface area contributed by atoms with E-state index in [9.17, 15) is 4.79 Å². The smallest absolute Gasteiger partial charge is 0.257 e. The summed E-state index contributed by atoms with van der Waals surface area (Å²) in [6, 6.07) is 10.2. The third kappa shape index (κ3) is 2.55. The maximum Gasteiger partial charge on any atom is 0.257 e. The summed E-state index contributed by atoms with van der Waals surface area (Å²) in [7, 11) is 1.92. The first-order valence-electron chi connectivity index (χ1n) is 8.27. The zero-order chi connectivity index (χ0) is 16.0. The first kappa shape index (κ1) is 14.5. The molecule has 0 unspecified atom stereocenters. The summed E-state index contributed by atoms with van der Waals surface area (Å²) >= 11 is 0. The van der Waals surface area contributed by atoms with Crippen LogP contribution in [0.3, 0.4) is 0 Å². The van der Waals surface area contributed by atoms with E-state index in [1.807, 2.05) is 34.8 Å². The van der Waals surface area contributed by atoms with Crippen LogP contribution in [0.25, 0.3) is 0 Å². The SMILES string of the molecule is Cn1ncc(C(=O)N2C[C@@H](N)[C@H](c3ccccc3)C2)c1C1CC1. The van der Waals surface area contributed by atoms with Crippen LogP contribution in [0.4, 0.5) is 0 Å². The fraction of sp³-hybridized carbons (Fsp3) is 0.444. The number of carbonyl (C=O) groups is 1. The number of nitrogens with zero attached hydrogens (tertiary/aromatic N) is 3. The molecule has 1 saturated heterocycles. The van der Waals surface area contributed by atoms with Crippen LogP contribution in [0, 0.1) is 0 Å². The van der Waals surface area contributed by atoms with Crippen molar-refractivity contribution in [2.24, 2.45) is 12.8 Å². The first-order chi connectivity index (χ1) is 11.1. The van der Waals surface area contributed by atoms with Crippen LogP contribution in [0.1, 0.15) is 46.3 Å². The minimum Gasteiger partial charge on any atom is -0.336 e. The average molecular weight is 310 g/mol. The van der Waals surface area contributed by atoms with E-state index in [4.69, 9.17) is 5.73 Å². The van der Waals surface area contributed by atoms with Crippen molar-refractivity contribution in [2.45, 2.75) is 30.7 Å². The van der Waals surface area contributed by atoms with Crippen LogP contribution in [-0.4, -0.2) is 39.7 Å². The highest BCUT2D eigenvalue weighted by atomic mass is 16.2. The molecule has 4 rings (SSSR count). The minimum atomic E-state index is -0.0117. The number of amides is 1. The monoisotopic (exact) mass is 310 g/mol. The van der Waals surface area contributed by atoms with Crippen molar-refractivity contribution in [3.8, 4) is 0 Å². The molecule has 120 valence electrons. The van der Waals surface area contributed by atoms with Gasteiger partial charge in [-0.05, 0) is 18.4 Å². The lowest BCUT2D eigenvalue weighted by Crippen LogP contribution is -2.32. The molecular formula is C18H22N4O. The van der Waals surface area contributed by atoms with Crippen molar-refractivity contribution < 1.29 is 4.79 Å². The summed E-state index contributed by atoms with van der Waals surface area (Å²) in [4.78, 5) is 14.8. The fourth-order valence-corrected chi connectivity index (χ4v) is 3.67. The second kappa shape index (κ2) is 5.49. The molecular weight excluding hydrogens is 288 g/mol. The van der Waals surface area contributed by atoms with Crippen molar-refractivity contribution >= 4 is 5.91 Å². The molecule has 2 heterocycles. The van der Waals surface area contributed by atoms with Crippen molar-refractivity contribution in [2.75, 3.05) is 13.1 Å². The van der Waals surface area contributed by atoms with Gasteiger partial charge in [0.15, 0.2) is 0 Å². The Kier molecular flexibility index (Phi) is 3.45. The van der Waals surface area contributed by atoms with E-state index in [-0.39, 0.29) is 17.9 Å². The zero-order valence-electron chi connectivity index (χ0n) is 13.4. The highest BCUT2D eigenvalue weighted by Crippen LogP contribution is 2.42. The molecule has 2 aromatic rings. The largest absolute Gasteiger partial charge is 0.336 e. The normalized spacial score (nSPS) is 24.2. The predicted molar refractivity (Wildman–Crippen MR) is 88.2 cm³/mol. The lowest BCUT2D eigenvalue weighted by Gasteiger charge is -2.17. The second-order valence-electron chi connectivity index (χ2n) is 6.73. The van der Waals surface area contributed by atoms with Crippen molar-refractivity contribution in [1.82, 2.24) is 14.7 Å². The lowest BCUT2D eigenvalue weighted by atomic mass is 9.95. The van der Waals surface area contributed by atoms with Crippen molar-refractivity contribution in [1.29, 1.82) is 0 Å². The average Bonchev–Trinajstić information content (AvgIpc) is 3.22. The van der Waals surface area contributed by atoms with Gasteiger partial charge in [0.05, 0.1) is 17.5 Å². The Morgan fingerprint density at radius 1 is 1.22 bits per heavy atom. The summed E-state index contributed by atoms with van der Waals surface area (Å²) in [6.07, 6.45) is 4.04. The quantitative estimate of drug-likeness (QED) is 0.941.